The highest BCUT2D eigenvalue weighted by molar-refractivity contribution is 5.85. The van der Waals surface area contributed by atoms with Crippen LogP contribution in [0.1, 0.15) is 66.2 Å². The van der Waals surface area contributed by atoms with E-state index in [-0.39, 0.29) is 5.56 Å². The largest absolute Gasteiger partial charge is 0.321 e. The van der Waals surface area contributed by atoms with E-state index in [1.165, 1.54) is 30.4 Å². The Morgan fingerprint density at radius 2 is 1.77 bits per heavy atom. The minimum Gasteiger partial charge on any atom is -0.321 e. The van der Waals surface area contributed by atoms with Gasteiger partial charge in [-0.1, -0.05) is 61.7 Å². The lowest BCUT2D eigenvalue weighted by Crippen LogP contribution is -2.30. The van der Waals surface area contributed by atoms with Gasteiger partial charge >= 0.3 is 0 Å². The van der Waals surface area contributed by atoms with Crippen LogP contribution in [0.4, 0.5) is 0 Å². The van der Waals surface area contributed by atoms with Crippen molar-refractivity contribution in [2.75, 3.05) is 6.54 Å². The molecule has 0 bridgehead atoms. The average Bonchev–Trinajstić information content (AvgIpc) is 3.35. The monoisotopic (exact) mass is 470 g/mol. The van der Waals surface area contributed by atoms with Crippen LogP contribution in [0, 0.1) is 13.8 Å². The first-order chi connectivity index (χ1) is 17.1. The van der Waals surface area contributed by atoms with Crippen molar-refractivity contribution in [2.45, 2.75) is 71.5 Å². The van der Waals surface area contributed by atoms with Crippen LogP contribution in [0.15, 0.2) is 53.3 Å². The molecule has 2 heterocycles. The molecule has 2 aromatic carbocycles. The van der Waals surface area contributed by atoms with Gasteiger partial charge in [-0.2, -0.15) is 0 Å². The van der Waals surface area contributed by atoms with Crippen LogP contribution in [-0.4, -0.2) is 36.6 Å². The molecule has 1 N–H and O–H groups in total. The Morgan fingerprint density at radius 1 is 1.00 bits per heavy atom. The Hall–Kier alpha value is -3.32. The molecule has 0 saturated heterocycles. The van der Waals surface area contributed by atoms with Crippen molar-refractivity contribution >= 4 is 10.9 Å². The molecule has 0 atom stereocenters. The lowest BCUT2D eigenvalue weighted by molar-refractivity contribution is 0.235. The van der Waals surface area contributed by atoms with Crippen LogP contribution in [-0.2, 0) is 19.5 Å². The first-order valence-electron chi connectivity index (χ1n) is 12.7. The van der Waals surface area contributed by atoms with E-state index in [4.69, 9.17) is 0 Å². The number of rotatable bonds is 8. The smallest absolute Gasteiger partial charge is 0.252 e. The highest BCUT2D eigenvalue weighted by Crippen LogP contribution is 2.28. The van der Waals surface area contributed by atoms with Crippen LogP contribution >= 0.6 is 0 Å². The number of hydrogen-bond acceptors (Lipinski definition) is 5. The number of aryl methyl sites for hydroxylation is 2. The molecule has 2 aromatic heterocycles. The van der Waals surface area contributed by atoms with Crippen LogP contribution < -0.4 is 5.56 Å². The molecule has 1 aliphatic carbocycles. The number of nitrogens with one attached hydrogen (secondary N) is 1. The van der Waals surface area contributed by atoms with Crippen molar-refractivity contribution in [1.29, 1.82) is 0 Å². The zero-order chi connectivity index (χ0) is 24.2. The van der Waals surface area contributed by atoms with Gasteiger partial charge in [0.15, 0.2) is 5.82 Å². The minimum atomic E-state index is -0.0252. The first-order valence-corrected chi connectivity index (χ1v) is 12.7. The quantitative estimate of drug-likeness (QED) is 0.397. The average molecular weight is 471 g/mol. The molecule has 0 amide bonds. The summed E-state index contributed by atoms with van der Waals surface area (Å²) in [6, 6.07) is 17.1. The van der Waals surface area contributed by atoms with Gasteiger partial charge < -0.3 is 4.98 Å². The van der Waals surface area contributed by atoms with Crippen molar-refractivity contribution in [3.05, 3.63) is 87.0 Å². The summed E-state index contributed by atoms with van der Waals surface area (Å²) in [6.45, 7) is 6.10. The summed E-state index contributed by atoms with van der Waals surface area (Å²) in [6.07, 6.45) is 6.91. The number of benzene rings is 2. The van der Waals surface area contributed by atoms with Gasteiger partial charge in [-0.05, 0) is 66.3 Å². The number of fused-ring (bicyclic) bond motifs is 1. The highest BCUT2D eigenvalue weighted by atomic mass is 16.1. The van der Waals surface area contributed by atoms with Crippen LogP contribution in [0.25, 0.3) is 10.9 Å². The van der Waals surface area contributed by atoms with E-state index in [0.29, 0.717) is 19.1 Å². The van der Waals surface area contributed by atoms with Crippen LogP contribution in [0.5, 0.6) is 0 Å². The third-order valence-electron chi connectivity index (χ3n) is 7.32. The van der Waals surface area contributed by atoms with E-state index in [1.54, 1.807) is 0 Å². The molecule has 1 fully saturated rings. The normalized spacial score (nSPS) is 14.7. The fourth-order valence-corrected chi connectivity index (χ4v) is 5.25. The zero-order valence-corrected chi connectivity index (χ0v) is 20.7. The van der Waals surface area contributed by atoms with Gasteiger partial charge in [0.2, 0.25) is 0 Å². The second-order valence-electron chi connectivity index (χ2n) is 9.89. The van der Waals surface area contributed by atoms with E-state index in [0.717, 1.165) is 53.7 Å². The van der Waals surface area contributed by atoms with Crippen molar-refractivity contribution in [3.8, 4) is 0 Å². The zero-order valence-electron chi connectivity index (χ0n) is 20.7. The lowest BCUT2D eigenvalue weighted by atomic mass is 9.95. The standard InChI is InChI=1S/C28H34N6O/c1-20-13-14-21(2)27-25(20)17-23(28(35)29-27)18-33(16-15-22-9-5-3-6-10-22)19-26-30-31-32-34(26)24-11-7-4-8-12-24/h3,5-6,9-10,13-14,17,24H,4,7-8,11-12,15-16,18-19H2,1-2H3,(H,29,35). The second-order valence-corrected chi connectivity index (χ2v) is 9.89. The summed E-state index contributed by atoms with van der Waals surface area (Å²) in [7, 11) is 0. The summed E-state index contributed by atoms with van der Waals surface area (Å²) >= 11 is 0. The van der Waals surface area contributed by atoms with Crippen LogP contribution in [0.3, 0.4) is 0 Å². The summed E-state index contributed by atoms with van der Waals surface area (Å²) in [5.74, 6) is 0.884. The molecule has 0 unspecified atom stereocenters. The van der Waals surface area contributed by atoms with Gasteiger partial charge in [-0.25, -0.2) is 4.68 Å². The lowest BCUT2D eigenvalue weighted by Gasteiger charge is -2.25. The fraction of sp³-hybridized carbons (Fsp3) is 0.429. The predicted molar refractivity (Wildman–Crippen MR) is 138 cm³/mol. The maximum Gasteiger partial charge on any atom is 0.252 e. The fourth-order valence-electron chi connectivity index (χ4n) is 5.25. The molecule has 7 nitrogen and oxygen atoms in total. The number of aromatic nitrogens is 5. The molecule has 4 aromatic rings. The van der Waals surface area contributed by atoms with Gasteiger partial charge in [-0.15, -0.1) is 5.10 Å². The topological polar surface area (TPSA) is 79.7 Å². The van der Waals surface area contributed by atoms with E-state index in [9.17, 15) is 4.79 Å². The van der Waals surface area contributed by atoms with E-state index in [2.05, 4.69) is 74.8 Å². The Labute approximate surface area is 206 Å². The SMILES string of the molecule is Cc1ccc(C)c2[nH]c(=O)c(CN(CCc3ccccc3)Cc3nnnn3C3CCCCC3)cc12. The van der Waals surface area contributed by atoms with Gasteiger partial charge in [0, 0.05) is 24.0 Å². The number of hydrogen-bond donors (Lipinski definition) is 1. The van der Waals surface area contributed by atoms with Crippen molar-refractivity contribution in [3.63, 3.8) is 0 Å². The predicted octanol–water partition coefficient (Wildman–Crippen LogP) is 4.88. The molecule has 7 heteroatoms. The van der Waals surface area contributed by atoms with E-state index < -0.39 is 0 Å². The third-order valence-corrected chi connectivity index (χ3v) is 7.32. The van der Waals surface area contributed by atoms with Crippen LogP contribution in [0.2, 0.25) is 0 Å². The van der Waals surface area contributed by atoms with E-state index >= 15 is 0 Å². The Balaban J connectivity index is 1.43. The molecule has 0 spiro atoms. The van der Waals surface area contributed by atoms with Gasteiger partial charge in [0.25, 0.3) is 5.56 Å². The van der Waals surface area contributed by atoms with Gasteiger partial charge in [0.1, 0.15) is 0 Å². The number of aromatic amines is 1. The summed E-state index contributed by atoms with van der Waals surface area (Å²) in [5, 5.41) is 13.9. The molecule has 0 aliphatic heterocycles. The number of tetrazole rings is 1. The Bertz CT molecular complexity index is 1340. The minimum absolute atomic E-state index is 0.0252. The summed E-state index contributed by atoms with van der Waals surface area (Å²) < 4.78 is 2.03. The molecule has 1 saturated carbocycles. The van der Waals surface area contributed by atoms with Crippen molar-refractivity contribution in [1.82, 2.24) is 30.1 Å². The molecule has 1 aliphatic rings. The summed E-state index contributed by atoms with van der Waals surface area (Å²) in [4.78, 5) is 18.5. The third kappa shape index (κ3) is 5.35. The molecule has 5 rings (SSSR count). The van der Waals surface area contributed by atoms with E-state index in [1.807, 2.05) is 17.7 Å². The molecular weight excluding hydrogens is 436 g/mol. The Morgan fingerprint density at radius 3 is 2.57 bits per heavy atom. The molecule has 0 radical (unpaired) electrons. The molecular formula is C28H34N6O. The van der Waals surface area contributed by atoms with Crippen molar-refractivity contribution in [2.24, 2.45) is 0 Å². The summed E-state index contributed by atoms with van der Waals surface area (Å²) in [5.41, 5.74) is 5.21. The maximum absolute atomic E-state index is 13.1. The molecule has 35 heavy (non-hydrogen) atoms. The highest BCUT2D eigenvalue weighted by Gasteiger charge is 2.22. The second kappa shape index (κ2) is 10.5. The van der Waals surface area contributed by atoms with Crippen molar-refractivity contribution < 1.29 is 0 Å². The maximum atomic E-state index is 13.1. The number of nitrogens with zero attached hydrogens (tertiary/aromatic N) is 5. The Kier molecular flexibility index (Phi) is 7.04. The van der Waals surface area contributed by atoms with Gasteiger partial charge in [0.05, 0.1) is 18.1 Å². The number of H-pyrrole nitrogens is 1. The van der Waals surface area contributed by atoms with Gasteiger partial charge in [-0.3, -0.25) is 9.69 Å². The number of pyridine rings is 1. The molecule has 182 valence electrons. The first kappa shape index (κ1) is 23.4.